The van der Waals surface area contributed by atoms with E-state index in [0.29, 0.717) is 0 Å². The lowest BCUT2D eigenvalue weighted by Crippen LogP contribution is -2.42. The van der Waals surface area contributed by atoms with Crippen LogP contribution in [0.5, 0.6) is 5.75 Å². The van der Waals surface area contributed by atoms with Gasteiger partial charge in [-0.05, 0) is 43.2 Å². The van der Waals surface area contributed by atoms with E-state index >= 15 is 0 Å². The number of phenolic OH excluding ortho intramolecular Hbond substituents is 1. The molecule has 0 atom stereocenters. The number of piperazine rings is 1. The lowest BCUT2D eigenvalue weighted by atomic mass is 10.0. The van der Waals surface area contributed by atoms with Crippen LogP contribution < -0.4 is 5.32 Å². The van der Waals surface area contributed by atoms with Gasteiger partial charge in [0.2, 0.25) is 0 Å². The van der Waals surface area contributed by atoms with Crippen LogP contribution in [0.1, 0.15) is 17.0 Å². The third-order valence-corrected chi connectivity index (χ3v) is 3.92. The number of aryl methyl sites for hydroxylation is 2. The lowest BCUT2D eigenvalue weighted by molar-refractivity contribution is 0.233. The van der Waals surface area contributed by atoms with Crippen molar-refractivity contribution in [3.63, 3.8) is 0 Å². The van der Waals surface area contributed by atoms with Gasteiger partial charge in [0.1, 0.15) is 11.5 Å². The minimum absolute atomic E-state index is 0.289. The van der Waals surface area contributed by atoms with Crippen LogP contribution in [0.3, 0.4) is 0 Å². The first kappa shape index (κ1) is 14.1. The van der Waals surface area contributed by atoms with Crippen LogP contribution in [0.2, 0.25) is 0 Å². The Morgan fingerprint density at radius 2 is 2.00 bits per heavy atom. The van der Waals surface area contributed by atoms with Crippen molar-refractivity contribution < 1.29 is 9.63 Å². The first-order chi connectivity index (χ1) is 10.1. The number of aromatic hydroxyl groups is 1. The first-order valence-corrected chi connectivity index (χ1v) is 7.33. The van der Waals surface area contributed by atoms with Crippen molar-refractivity contribution in [2.45, 2.75) is 20.4 Å². The molecule has 112 valence electrons. The molecule has 1 fully saturated rings. The molecule has 1 saturated heterocycles. The maximum absolute atomic E-state index is 10.0. The predicted octanol–water partition coefficient (Wildman–Crippen LogP) is 2.07. The molecule has 1 aromatic heterocycles. The molecule has 5 heteroatoms. The van der Waals surface area contributed by atoms with Crippen LogP contribution in [0.15, 0.2) is 22.7 Å². The number of hydrogen-bond donors (Lipinski definition) is 2. The molecule has 2 N–H and O–H groups in total. The second-order valence-electron chi connectivity index (χ2n) is 5.61. The molecule has 1 aliphatic heterocycles. The Kier molecular flexibility index (Phi) is 3.94. The van der Waals surface area contributed by atoms with Gasteiger partial charge in [-0.15, -0.1) is 0 Å². The van der Waals surface area contributed by atoms with Gasteiger partial charge in [0.25, 0.3) is 0 Å². The van der Waals surface area contributed by atoms with Gasteiger partial charge in [-0.3, -0.25) is 4.90 Å². The van der Waals surface area contributed by atoms with Crippen molar-refractivity contribution >= 4 is 0 Å². The van der Waals surface area contributed by atoms with Crippen molar-refractivity contribution in [3.05, 3.63) is 35.2 Å². The molecular weight excluding hydrogens is 266 g/mol. The maximum Gasteiger partial charge on any atom is 0.141 e. The zero-order valence-electron chi connectivity index (χ0n) is 12.5. The number of hydrogen-bond acceptors (Lipinski definition) is 5. The molecule has 2 heterocycles. The molecule has 0 amide bonds. The molecule has 0 saturated carbocycles. The quantitative estimate of drug-likeness (QED) is 0.905. The number of nitrogens with one attached hydrogen (secondary N) is 1. The smallest absolute Gasteiger partial charge is 0.141 e. The Hall–Kier alpha value is -1.85. The van der Waals surface area contributed by atoms with E-state index < -0.39 is 0 Å². The minimum Gasteiger partial charge on any atom is -0.508 e. The Labute approximate surface area is 124 Å². The van der Waals surface area contributed by atoms with Crippen molar-refractivity contribution in [3.8, 4) is 16.9 Å². The van der Waals surface area contributed by atoms with E-state index in [-0.39, 0.29) is 5.75 Å². The Morgan fingerprint density at radius 1 is 1.24 bits per heavy atom. The second-order valence-corrected chi connectivity index (χ2v) is 5.61. The number of nitrogens with zero attached hydrogens (tertiary/aromatic N) is 2. The van der Waals surface area contributed by atoms with E-state index in [9.17, 15) is 5.11 Å². The number of rotatable bonds is 3. The molecule has 0 radical (unpaired) electrons. The Bertz CT molecular complexity index is 611. The normalized spacial score (nSPS) is 16.3. The molecular formula is C16H21N3O2. The molecule has 5 nitrogen and oxygen atoms in total. The largest absolute Gasteiger partial charge is 0.508 e. The summed E-state index contributed by atoms with van der Waals surface area (Å²) in [7, 11) is 0. The highest BCUT2D eigenvalue weighted by atomic mass is 16.5. The van der Waals surface area contributed by atoms with Crippen LogP contribution in [0.25, 0.3) is 11.1 Å². The highest BCUT2D eigenvalue weighted by Crippen LogP contribution is 2.30. The summed E-state index contributed by atoms with van der Waals surface area (Å²) >= 11 is 0. The fourth-order valence-electron chi connectivity index (χ4n) is 2.93. The van der Waals surface area contributed by atoms with Crippen molar-refractivity contribution in [1.82, 2.24) is 15.4 Å². The van der Waals surface area contributed by atoms with Crippen molar-refractivity contribution in [2.24, 2.45) is 0 Å². The summed E-state index contributed by atoms with van der Waals surface area (Å²) in [5.74, 6) is 1.07. The summed E-state index contributed by atoms with van der Waals surface area (Å²) in [5.41, 5.74) is 3.92. The van der Waals surface area contributed by atoms with E-state index in [1.807, 2.05) is 19.9 Å². The summed E-state index contributed by atoms with van der Waals surface area (Å²) in [5, 5.41) is 17.4. The monoisotopic (exact) mass is 287 g/mol. The average molecular weight is 287 g/mol. The predicted molar refractivity (Wildman–Crippen MR) is 81.2 cm³/mol. The SMILES string of the molecule is Cc1noc(C)c1-c1cc(O)cc(CN2CCNCC2)c1. The highest BCUT2D eigenvalue weighted by Gasteiger charge is 2.15. The van der Waals surface area contributed by atoms with Crippen LogP contribution in [0, 0.1) is 13.8 Å². The van der Waals surface area contributed by atoms with Gasteiger partial charge in [-0.1, -0.05) is 5.16 Å². The maximum atomic E-state index is 10.0. The Balaban J connectivity index is 1.89. The van der Waals surface area contributed by atoms with Gasteiger partial charge < -0.3 is 14.9 Å². The number of benzene rings is 1. The second kappa shape index (κ2) is 5.87. The van der Waals surface area contributed by atoms with Gasteiger partial charge in [0.15, 0.2) is 0 Å². The molecule has 3 rings (SSSR count). The zero-order valence-corrected chi connectivity index (χ0v) is 12.5. The molecule has 2 aromatic rings. The Morgan fingerprint density at radius 3 is 2.67 bits per heavy atom. The fraction of sp³-hybridized carbons (Fsp3) is 0.438. The van der Waals surface area contributed by atoms with Gasteiger partial charge in [-0.25, -0.2) is 0 Å². The molecule has 0 spiro atoms. The highest BCUT2D eigenvalue weighted by molar-refractivity contribution is 5.69. The van der Waals surface area contributed by atoms with Gasteiger partial charge >= 0.3 is 0 Å². The molecule has 0 bridgehead atoms. The van der Waals surface area contributed by atoms with Crippen LogP contribution in [-0.2, 0) is 6.54 Å². The summed E-state index contributed by atoms with van der Waals surface area (Å²) in [6.45, 7) is 8.80. The fourth-order valence-corrected chi connectivity index (χ4v) is 2.93. The summed E-state index contributed by atoms with van der Waals surface area (Å²) in [6.07, 6.45) is 0. The van der Waals surface area contributed by atoms with Crippen LogP contribution >= 0.6 is 0 Å². The minimum atomic E-state index is 0.289. The molecule has 1 aromatic carbocycles. The van der Waals surface area contributed by atoms with Gasteiger partial charge in [0.05, 0.1) is 5.69 Å². The topological polar surface area (TPSA) is 61.5 Å². The summed E-state index contributed by atoms with van der Waals surface area (Å²) < 4.78 is 5.23. The average Bonchev–Trinajstić information content (AvgIpc) is 2.78. The first-order valence-electron chi connectivity index (χ1n) is 7.33. The van der Waals surface area contributed by atoms with Gasteiger partial charge in [-0.2, -0.15) is 0 Å². The molecule has 1 aliphatic rings. The molecule has 21 heavy (non-hydrogen) atoms. The summed E-state index contributed by atoms with van der Waals surface area (Å²) in [6, 6.07) is 5.73. The zero-order chi connectivity index (χ0) is 14.8. The van der Waals surface area contributed by atoms with Crippen molar-refractivity contribution in [2.75, 3.05) is 26.2 Å². The van der Waals surface area contributed by atoms with E-state index in [1.54, 1.807) is 6.07 Å². The van der Waals surface area contributed by atoms with Gasteiger partial charge in [0, 0.05) is 38.3 Å². The van der Waals surface area contributed by atoms with E-state index in [0.717, 1.165) is 60.9 Å². The molecule has 0 aliphatic carbocycles. The van der Waals surface area contributed by atoms with E-state index in [1.165, 1.54) is 0 Å². The third kappa shape index (κ3) is 3.09. The van der Waals surface area contributed by atoms with E-state index in [4.69, 9.17) is 4.52 Å². The van der Waals surface area contributed by atoms with Crippen molar-refractivity contribution in [1.29, 1.82) is 0 Å². The standard InChI is InChI=1S/C16H21N3O2/c1-11-16(12(2)21-18-11)14-7-13(8-15(20)9-14)10-19-5-3-17-4-6-19/h7-9,17,20H,3-6,10H2,1-2H3. The number of aromatic nitrogens is 1. The van der Waals surface area contributed by atoms with Crippen LogP contribution in [0.4, 0.5) is 0 Å². The lowest BCUT2D eigenvalue weighted by Gasteiger charge is -2.27. The summed E-state index contributed by atoms with van der Waals surface area (Å²) in [4.78, 5) is 2.39. The van der Waals surface area contributed by atoms with Crippen LogP contribution in [-0.4, -0.2) is 41.3 Å². The third-order valence-electron chi connectivity index (χ3n) is 3.92. The molecule has 0 unspecified atom stereocenters. The van der Waals surface area contributed by atoms with E-state index in [2.05, 4.69) is 21.4 Å². The number of phenols is 1.